The smallest absolute Gasteiger partial charge is 0.251 e. The third-order valence-electron chi connectivity index (χ3n) is 4.96. The van der Waals surface area contributed by atoms with Gasteiger partial charge in [-0.15, -0.1) is 10.2 Å². The van der Waals surface area contributed by atoms with Crippen molar-refractivity contribution in [1.29, 1.82) is 0 Å². The van der Waals surface area contributed by atoms with E-state index in [2.05, 4.69) is 27.8 Å². The van der Waals surface area contributed by atoms with Crippen molar-refractivity contribution in [3.05, 3.63) is 65.5 Å². The number of nitrogens with one attached hydrogen (secondary N) is 2. The van der Waals surface area contributed by atoms with Crippen LogP contribution in [0.5, 0.6) is 5.75 Å². The number of hydrogen-bond acceptors (Lipinski definition) is 6. The van der Waals surface area contributed by atoms with Crippen molar-refractivity contribution in [2.45, 2.75) is 31.5 Å². The summed E-state index contributed by atoms with van der Waals surface area (Å²) in [6.07, 6.45) is 0.844. The van der Waals surface area contributed by atoms with Gasteiger partial charge >= 0.3 is 0 Å². The molecule has 0 bridgehead atoms. The normalized spacial score (nSPS) is 11.6. The van der Waals surface area contributed by atoms with Crippen LogP contribution in [0.3, 0.4) is 0 Å². The van der Waals surface area contributed by atoms with E-state index in [0.717, 1.165) is 17.7 Å². The van der Waals surface area contributed by atoms with Crippen molar-refractivity contribution in [1.82, 2.24) is 20.1 Å². The molecule has 32 heavy (non-hydrogen) atoms. The summed E-state index contributed by atoms with van der Waals surface area (Å²) in [6.45, 7) is 3.89. The fraction of sp³-hybridized carbons (Fsp3) is 0.304. The highest BCUT2D eigenvalue weighted by molar-refractivity contribution is 7.99. The summed E-state index contributed by atoms with van der Waals surface area (Å²) in [6, 6.07) is 14.3. The average molecular weight is 454 g/mol. The fourth-order valence-corrected chi connectivity index (χ4v) is 3.90. The van der Waals surface area contributed by atoms with Crippen molar-refractivity contribution in [2.24, 2.45) is 7.05 Å². The molecule has 2 N–H and O–H groups in total. The molecule has 3 rings (SSSR count). The minimum absolute atomic E-state index is 0.110. The number of para-hydroxylation sites is 1. The van der Waals surface area contributed by atoms with Crippen LogP contribution >= 0.6 is 11.8 Å². The Kier molecular flexibility index (Phi) is 7.88. The van der Waals surface area contributed by atoms with E-state index in [9.17, 15) is 9.59 Å². The van der Waals surface area contributed by atoms with E-state index in [1.54, 1.807) is 35.9 Å². The summed E-state index contributed by atoms with van der Waals surface area (Å²) < 4.78 is 6.91. The summed E-state index contributed by atoms with van der Waals surface area (Å²) in [5, 5.41) is 14.9. The van der Waals surface area contributed by atoms with Crippen molar-refractivity contribution in [3.8, 4) is 5.75 Å². The van der Waals surface area contributed by atoms with Crippen molar-refractivity contribution >= 4 is 29.3 Å². The minimum atomic E-state index is -0.360. The van der Waals surface area contributed by atoms with Gasteiger partial charge < -0.3 is 19.9 Å². The third kappa shape index (κ3) is 5.67. The zero-order valence-corrected chi connectivity index (χ0v) is 19.4. The van der Waals surface area contributed by atoms with Crippen LogP contribution in [0.25, 0.3) is 0 Å². The van der Waals surface area contributed by atoms with Crippen LogP contribution in [0.2, 0.25) is 0 Å². The number of nitrogens with zero attached hydrogens (tertiary/aromatic N) is 3. The summed E-state index contributed by atoms with van der Waals surface area (Å²) in [5.41, 5.74) is 2.45. The highest BCUT2D eigenvalue weighted by atomic mass is 32.2. The van der Waals surface area contributed by atoms with Crippen LogP contribution in [-0.2, 0) is 18.3 Å². The van der Waals surface area contributed by atoms with Gasteiger partial charge in [-0.3, -0.25) is 9.59 Å². The first-order chi connectivity index (χ1) is 15.4. The molecule has 0 fully saturated rings. The second-order valence-electron chi connectivity index (χ2n) is 7.17. The number of aromatic nitrogens is 3. The lowest BCUT2D eigenvalue weighted by atomic mass is 10.1. The van der Waals surface area contributed by atoms with E-state index in [-0.39, 0.29) is 23.6 Å². The summed E-state index contributed by atoms with van der Waals surface area (Å²) in [7, 11) is 3.40. The molecule has 1 atom stereocenters. The third-order valence-corrected chi connectivity index (χ3v) is 5.98. The molecule has 0 saturated carbocycles. The number of ether oxygens (including phenoxy) is 1. The average Bonchev–Trinajstić information content (AvgIpc) is 3.18. The Labute approximate surface area is 191 Å². The standard InChI is InChI=1S/C23H27N5O3S/c1-5-16-8-6-7-9-19(16)25-20(29)14-32-23-27-26-21(28(23)3)15(2)24-22(30)17-10-12-18(31-4)13-11-17/h6-13,15H,5,14H2,1-4H3,(H,24,30)(H,25,29)/t15-/m0/s1. The molecule has 1 aromatic heterocycles. The minimum Gasteiger partial charge on any atom is -0.497 e. The molecule has 3 aromatic rings. The maximum Gasteiger partial charge on any atom is 0.251 e. The van der Waals surface area contributed by atoms with Crippen LogP contribution in [0, 0.1) is 0 Å². The topological polar surface area (TPSA) is 98.1 Å². The van der Waals surface area contributed by atoms with Crippen LogP contribution in [-0.4, -0.2) is 39.4 Å². The summed E-state index contributed by atoms with van der Waals surface area (Å²) in [4.78, 5) is 24.9. The number of thioether (sulfide) groups is 1. The van der Waals surface area contributed by atoms with Gasteiger partial charge in [0.15, 0.2) is 11.0 Å². The summed E-state index contributed by atoms with van der Waals surface area (Å²) in [5.74, 6) is 1.17. The molecule has 0 spiro atoms. The zero-order valence-electron chi connectivity index (χ0n) is 18.6. The van der Waals surface area contributed by atoms with Gasteiger partial charge in [0.2, 0.25) is 5.91 Å². The number of carbonyl (C=O) groups excluding carboxylic acids is 2. The lowest BCUT2D eigenvalue weighted by Gasteiger charge is -2.14. The molecule has 0 unspecified atom stereocenters. The zero-order chi connectivity index (χ0) is 23.1. The lowest BCUT2D eigenvalue weighted by molar-refractivity contribution is -0.113. The molecule has 0 saturated heterocycles. The SMILES string of the molecule is CCc1ccccc1NC(=O)CSc1nnc([C@H](C)NC(=O)c2ccc(OC)cc2)n1C. The Morgan fingerprint density at radius 3 is 2.53 bits per heavy atom. The van der Waals surface area contributed by atoms with Gasteiger partial charge in [-0.25, -0.2) is 0 Å². The van der Waals surface area contributed by atoms with Gasteiger partial charge in [-0.1, -0.05) is 36.9 Å². The second kappa shape index (κ2) is 10.8. The maximum absolute atomic E-state index is 12.5. The van der Waals surface area contributed by atoms with Gasteiger partial charge in [-0.05, 0) is 49.2 Å². The van der Waals surface area contributed by atoms with Crippen LogP contribution in [0.4, 0.5) is 5.69 Å². The number of amides is 2. The number of benzene rings is 2. The summed E-state index contributed by atoms with van der Waals surface area (Å²) >= 11 is 1.30. The van der Waals surface area contributed by atoms with E-state index in [4.69, 9.17) is 4.74 Å². The molecule has 168 valence electrons. The molecule has 9 heteroatoms. The number of rotatable bonds is 9. The highest BCUT2D eigenvalue weighted by Crippen LogP contribution is 2.21. The highest BCUT2D eigenvalue weighted by Gasteiger charge is 2.19. The Morgan fingerprint density at radius 1 is 1.12 bits per heavy atom. The van der Waals surface area contributed by atoms with Crippen LogP contribution in [0.1, 0.15) is 41.6 Å². The van der Waals surface area contributed by atoms with E-state index >= 15 is 0 Å². The van der Waals surface area contributed by atoms with Crippen LogP contribution < -0.4 is 15.4 Å². The number of aryl methyl sites for hydroxylation is 1. The largest absolute Gasteiger partial charge is 0.497 e. The Balaban J connectivity index is 1.58. The number of hydrogen-bond donors (Lipinski definition) is 2. The molecule has 2 aromatic carbocycles. The number of carbonyl (C=O) groups is 2. The molecule has 1 heterocycles. The Bertz CT molecular complexity index is 1080. The molecule has 0 aliphatic carbocycles. The van der Waals surface area contributed by atoms with E-state index in [1.165, 1.54) is 11.8 Å². The second-order valence-corrected chi connectivity index (χ2v) is 8.11. The van der Waals surface area contributed by atoms with E-state index in [0.29, 0.717) is 22.3 Å². The maximum atomic E-state index is 12.5. The van der Waals surface area contributed by atoms with E-state index < -0.39 is 0 Å². The molecular formula is C23H27N5O3S. The van der Waals surface area contributed by atoms with Crippen molar-refractivity contribution < 1.29 is 14.3 Å². The quantitative estimate of drug-likeness (QED) is 0.481. The van der Waals surface area contributed by atoms with Gasteiger partial charge in [-0.2, -0.15) is 0 Å². The monoisotopic (exact) mass is 453 g/mol. The fourth-order valence-electron chi connectivity index (χ4n) is 3.18. The Morgan fingerprint density at radius 2 is 1.84 bits per heavy atom. The van der Waals surface area contributed by atoms with Gasteiger partial charge in [0, 0.05) is 18.3 Å². The molecule has 0 aliphatic heterocycles. The number of methoxy groups -OCH3 is 1. The van der Waals surface area contributed by atoms with Gasteiger partial charge in [0.05, 0.1) is 18.9 Å². The van der Waals surface area contributed by atoms with E-state index in [1.807, 2.05) is 38.2 Å². The van der Waals surface area contributed by atoms with Crippen molar-refractivity contribution in [3.63, 3.8) is 0 Å². The predicted molar refractivity (Wildman–Crippen MR) is 125 cm³/mol. The first-order valence-corrected chi connectivity index (χ1v) is 11.3. The molecule has 8 nitrogen and oxygen atoms in total. The molecule has 0 radical (unpaired) electrons. The van der Waals surface area contributed by atoms with Gasteiger partial charge in [0.1, 0.15) is 5.75 Å². The lowest BCUT2D eigenvalue weighted by Crippen LogP contribution is -2.28. The van der Waals surface area contributed by atoms with Crippen molar-refractivity contribution in [2.75, 3.05) is 18.2 Å². The predicted octanol–water partition coefficient (Wildman–Crippen LogP) is 3.61. The van der Waals surface area contributed by atoms with Gasteiger partial charge in [0.25, 0.3) is 5.91 Å². The first kappa shape index (κ1) is 23.3. The molecule has 0 aliphatic rings. The molecular weight excluding hydrogens is 426 g/mol. The Hall–Kier alpha value is -3.33. The first-order valence-electron chi connectivity index (χ1n) is 10.3. The molecule has 2 amide bonds. The number of anilines is 1. The van der Waals surface area contributed by atoms with Crippen LogP contribution in [0.15, 0.2) is 53.7 Å².